The second kappa shape index (κ2) is 23.1. The normalized spacial score (nSPS) is 42.3. The van der Waals surface area contributed by atoms with Crippen LogP contribution in [0.5, 0.6) is 0 Å². The molecule has 4 aliphatic heterocycles. The van der Waals surface area contributed by atoms with Gasteiger partial charge in [0, 0.05) is 38.3 Å². The lowest BCUT2D eigenvalue weighted by atomic mass is 9.44. The Morgan fingerprint density at radius 2 is 0.887 bits per heavy atom. The van der Waals surface area contributed by atoms with Crippen LogP contribution in [-0.4, -0.2) is 66.1 Å². The van der Waals surface area contributed by atoms with Crippen LogP contribution in [0, 0.1) is 92.7 Å². The van der Waals surface area contributed by atoms with Crippen LogP contribution in [-0.2, 0) is 51.2 Å². The van der Waals surface area contributed by atoms with Gasteiger partial charge < -0.3 is 29.6 Å². The van der Waals surface area contributed by atoms with Crippen molar-refractivity contribution in [3.05, 3.63) is 65.0 Å². The molecule has 0 saturated heterocycles. The summed E-state index contributed by atoms with van der Waals surface area (Å²) in [5.74, 6) is 4.49. The minimum atomic E-state index is -0.811. The quantitative estimate of drug-likeness (QED) is 0.190. The number of rotatable bonds is 0. The molecule has 0 spiro atoms. The number of hydrogen-bond donors (Lipinski definition) is 2. The van der Waals surface area contributed by atoms with Crippen LogP contribution in [0.25, 0.3) is 0 Å². The summed E-state index contributed by atoms with van der Waals surface area (Å²) in [5.41, 5.74) is 2.98. The highest BCUT2D eigenvalue weighted by Gasteiger charge is 2.63. The number of amides is 2. The number of esters is 4. The molecule has 2 aromatic rings. The molecule has 12 aliphatic rings. The Morgan fingerprint density at radius 1 is 0.475 bits per heavy atom. The smallest absolute Gasteiger partial charge is 0.344 e. The topological polar surface area (TPSA) is 176 Å². The lowest BCUT2D eigenvalue weighted by Gasteiger charge is -2.61. The molecule has 2 N–H and O–H groups in total. The van der Waals surface area contributed by atoms with E-state index in [-0.39, 0.29) is 56.8 Å². The fourth-order valence-corrected chi connectivity index (χ4v) is 20.7. The van der Waals surface area contributed by atoms with E-state index in [1.807, 2.05) is 6.07 Å². The highest BCUT2D eigenvalue weighted by Crippen LogP contribution is 2.70. The molecule has 20 bridgehead atoms. The first-order valence-corrected chi connectivity index (χ1v) is 31.6. The zero-order chi connectivity index (χ0) is 56.1. The molecule has 0 unspecified atom stereocenters. The van der Waals surface area contributed by atoms with Gasteiger partial charge in [0.25, 0.3) is 0 Å². The number of hydrogen-bond acceptors (Lipinski definition) is 11. The van der Waals surface area contributed by atoms with Crippen molar-refractivity contribution in [3.8, 4) is 0 Å². The number of fused-ring (bicyclic) bond motifs is 1. The first kappa shape index (κ1) is 57.0. The summed E-state index contributed by atoms with van der Waals surface area (Å²) in [6, 6.07) is 9.56. The Hall–Kier alpha value is -4.81. The van der Waals surface area contributed by atoms with Gasteiger partial charge in [0.15, 0.2) is 13.2 Å². The molecular formula is C67H93N3O10. The number of nitrogens with zero attached hydrogens (tertiary/aromatic N) is 1. The number of carbonyl (C=O) groups excluding carboxylic acids is 6. The van der Waals surface area contributed by atoms with E-state index in [2.05, 4.69) is 75.4 Å². The Labute approximate surface area is 476 Å². The van der Waals surface area contributed by atoms with Gasteiger partial charge in [-0.3, -0.25) is 14.6 Å². The van der Waals surface area contributed by atoms with Gasteiger partial charge in [0.05, 0.1) is 11.1 Å². The summed E-state index contributed by atoms with van der Waals surface area (Å²) < 4.78 is 22.8. The second-order valence-corrected chi connectivity index (χ2v) is 28.6. The molecule has 14 rings (SSSR count). The molecular weight excluding hydrogens is 1010 g/mol. The maximum Gasteiger partial charge on any atom is 0.344 e. The summed E-state index contributed by atoms with van der Waals surface area (Å²) in [6.07, 6.45) is 24.6. The molecule has 13 heteroatoms. The van der Waals surface area contributed by atoms with Gasteiger partial charge in [0.1, 0.15) is 12.2 Å². The molecule has 8 aliphatic carbocycles. The molecule has 436 valence electrons. The van der Waals surface area contributed by atoms with Crippen molar-refractivity contribution in [2.24, 2.45) is 92.7 Å². The van der Waals surface area contributed by atoms with Gasteiger partial charge in [-0.05, 0) is 238 Å². The van der Waals surface area contributed by atoms with E-state index in [0.29, 0.717) is 96.9 Å². The summed E-state index contributed by atoms with van der Waals surface area (Å²) in [6.45, 7) is 14.8. The lowest BCUT2D eigenvalue weighted by Crippen LogP contribution is -2.54. The third-order valence-electron chi connectivity index (χ3n) is 24.8. The van der Waals surface area contributed by atoms with Crippen LogP contribution >= 0.6 is 0 Å². The molecule has 5 heterocycles. The van der Waals surface area contributed by atoms with Gasteiger partial charge in [-0.2, -0.15) is 0 Å². The predicted octanol–water partition coefficient (Wildman–Crippen LogP) is 12.3. The van der Waals surface area contributed by atoms with Crippen LogP contribution in [0.1, 0.15) is 215 Å². The van der Waals surface area contributed by atoms with Crippen molar-refractivity contribution in [1.82, 2.24) is 15.6 Å². The SMILES string of the molecule is C[C@@H]1CCC(=O)NCc2cccc(c2)CNC(=O)CC[C@@H](C)[C@H]2CC[C@H]3[C@@H]4CC[C@@H]5C[C@@H](CC[C@]5(C)[C@H]4CC[C@]23C)OC(=O)COC(=O)c2cncc(c2)C(=O)OCC(=O)O[C@@H]2CC[C@@]3(C)[C@H](CC[C@@H]4[C@@H]3CC[C@]3(C)[C@@H]1CC[C@@H]43)C2. The highest BCUT2D eigenvalue weighted by atomic mass is 16.6. The molecule has 13 nitrogen and oxygen atoms in total. The highest BCUT2D eigenvalue weighted by molar-refractivity contribution is 5.95. The number of benzene rings is 1. The van der Waals surface area contributed by atoms with Gasteiger partial charge in [-0.15, -0.1) is 0 Å². The summed E-state index contributed by atoms with van der Waals surface area (Å²) in [5, 5.41) is 6.45. The Morgan fingerprint density at radius 3 is 1.34 bits per heavy atom. The molecule has 8 saturated carbocycles. The largest absolute Gasteiger partial charge is 0.460 e. The maximum atomic E-state index is 13.4. The van der Waals surface area contributed by atoms with Gasteiger partial charge in [0.2, 0.25) is 11.8 Å². The van der Waals surface area contributed by atoms with Crippen LogP contribution in [0.3, 0.4) is 0 Å². The molecule has 2 amide bonds. The standard InChI is InChI=1S/C67H93N3O10/c1-40-10-20-58(71)69-34-42-8-7-9-43(30-42)35-70-59(72)21-11-41(2)53-17-19-55-51-15-13-47-33-49(23-27-65(47,4)57(51)25-29-67(53,55)6)80-61(74)39-78-63(76)45-31-44(36-68-37-45)62(75)77-38-60(73)79-48-22-26-64(3)46(32-48)12-14-50-54-18-16-52(40)66(54,5)28-24-56(50)64/h7-9,30-31,36-37,40-41,46-57H,10-29,32-35,38-39H2,1-6H3,(H,69,71)(H,70,72)/t40-,41-,46-,47-,48-,49-,50+,51+,52-,53-,54+,55+,56+,57+,64+,65+,66-,67-/m1/s1. The molecule has 8 fully saturated rings. The Kier molecular flexibility index (Phi) is 16.5. The second-order valence-electron chi connectivity index (χ2n) is 28.6. The van der Waals surface area contributed by atoms with Crippen LogP contribution in [0.4, 0.5) is 0 Å². The van der Waals surface area contributed by atoms with Crippen molar-refractivity contribution in [2.45, 2.75) is 208 Å². The minimum absolute atomic E-state index is 0.0158. The molecule has 18 atom stereocenters. The number of carbonyl (C=O) groups is 6. The monoisotopic (exact) mass is 1100 g/mol. The third-order valence-corrected chi connectivity index (χ3v) is 24.8. The van der Waals surface area contributed by atoms with E-state index in [0.717, 1.165) is 75.3 Å². The maximum absolute atomic E-state index is 13.4. The number of pyridine rings is 1. The molecule has 0 radical (unpaired) electrons. The van der Waals surface area contributed by atoms with Gasteiger partial charge in [-0.25, -0.2) is 19.2 Å². The van der Waals surface area contributed by atoms with E-state index in [4.69, 9.17) is 18.9 Å². The third kappa shape index (κ3) is 11.1. The summed E-state index contributed by atoms with van der Waals surface area (Å²) in [4.78, 5) is 83.7. The van der Waals surface area contributed by atoms with Gasteiger partial charge in [-0.1, -0.05) is 65.8 Å². The Balaban J connectivity index is 0.734. The van der Waals surface area contributed by atoms with E-state index < -0.39 is 37.1 Å². The van der Waals surface area contributed by atoms with Crippen molar-refractivity contribution < 1.29 is 47.7 Å². The number of nitrogens with one attached hydrogen (secondary N) is 2. The summed E-state index contributed by atoms with van der Waals surface area (Å²) in [7, 11) is 0. The Bertz CT molecular complexity index is 2490. The fourth-order valence-electron chi connectivity index (χ4n) is 20.7. The van der Waals surface area contributed by atoms with Crippen molar-refractivity contribution >= 4 is 35.7 Å². The average molecular weight is 1100 g/mol. The lowest BCUT2D eigenvalue weighted by molar-refractivity contribution is -0.166. The fraction of sp³-hybridized carbons (Fsp3) is 0.746. The predicted molar refractivity (Wildman–Crippen MR) is 302 cm³/mol. The van der Waals surface area contributed by atoms with E-state index in [1.165, 1.54) is 82.7 Å². The number of ether oxygens (including phenoxy) is 4. The van der Waals surface area contributed by atoms with Crippen molar-refractivity contribution in [3.63, 3.8) is 0 Å². The van der Waals surface area contributed by atoms with E-state index in [1.54, 1.807) is 0 Å². The molecule has 1 aromatic heterocycles. The van der Waals surface area contributed by atoms with Crippen LogP contribution in [0.2, 0.25) is 0 Å². The van der Waals surface area contributed by atoms with Crippen LogP contribution < -0.4 is 10.6 Å². The van der Waals surface area contributed by atoms with Crippen molar-refractivity contribution in [2.75, 3.05) is 13.2 Å². The van der Waals surface area contributed by atoms with Gasteiger partial charge >= 0.3 is 23.9 Å². The van der Waals surface area contributed by atoms with Crippen LogP contribution in [0.15, 0.2) is 42.7 Å². The van der Waals surface area contributed by atoms with E-state index >= 15 is 0 Å². The zero-order valence-electron chi connectivity index (χ0n) is 49.0. The zero-order valence-corrected chi connectivity index (χ0v) is 49.0. The first-order valence-electron chi connectivity index (χ1n) is 31.6. The first-order chi connectivity index (χ1) is 38.3. The summed E-state index contributed by atoms with van der Waals surface area (Å²) >= 11 is 0. The number of aromatic nitrogens is 1. The molecule has 1 aromatic carbocycles. The average Bonchev–Trinajstić information content (AvgIpc) is 4.19. The van der Waals surface area contributed by atoms with E-state index in [9.17, 15) is 28.8 Å². The minimum Gasteiger partial charge on any atom is -0.460 e. The molecule has 80 heavy (non-hydrogen) atoms. The van der Waals surface area contributed by atoms with Crippen molar-refractivity contribution in [1.29, 1.82) is 0 Å².